The van der Waals surface area contributed by atoms with Gasteiger partial charge in [-0.15, -0.1) is 17.5 Å². The maximum Gasteiger partial charge on any atom is 0.291 e. The minimum Gasteiger partial charge on any atom is -0.346 e. The van der Waals surface area contributed by atoms with Crippen LogP contribution in [0.25, 0.3) is 5.69 Å². The highest BCUT2D eigenvalue weighted by Crippen LogP contribution is 2.29. The number of nitrogens with zero attached hydrogens (tertiary/aromatic N) is 3. The molecule has 0 spiro atoms. The van der Waals surface area contributed by atoms with Crippen LogP contribution in [0.5, 0.6) is 0 Å². The van der Waals surface area contributed by atoms with Gasteiger partial charge < -0.3 is 11.1 Å². The number of nitrogens with two attached hydrogens (primary N) is 1. The molecule has 3 rings (SSSR count). The summed E-state index contributed by atoms with van der Waals surface area (Å²) in [6.07, 6.45) is 3.64. The molecular weight excluding hydrogens is 397 g/mol. The Morgan fingerprint density at radius 3 is 2.65 bits per heavy atom. The Morgan fingerprint density at radius 1 is 1.35 bits per heavy atom. The number of hydrogen-bond donors (Lipinski definition) is 2. The van der Waals surface area contributed by atoms with E-state index in [1.165, 1.54) is 0 Å². The van der Waals surface area contributed by atoms with E-state index in [0.29, 0.717) is 40.4 Å². The molecule has 0 aliphatic heterocycles. The van der Waals surface area contributed by atoms with E-state index in [9.17, 15) is 4.79 Å². The van der Waals surface area contributed by atoms with Gasteiger partial charge in [-0.05, 0) is 37.4 Å². The summed E-state index contributed by atoms with van der Waals surface area (Å²) in [5.74, 6) is 0.772. The molecule has 3 N–H and O–H groups in total. The van der Waals surface area contributed by atoms with Gasteiger partial charge >= 0.3 is 0 Å². The van der Waals surface area contributed by atoms with Crippen molar-refractivity contribution in [1.82, 2.24) is 20.1 Å². The Balaban J connectivity index is 0.00000243. The number of carbonyl (C=O) groups excluding carboxylic acids is 1. The normalized spacial score (nSPS) is 19.2. The van der Waals surface area contributed by atoms with Crippen LogP contribution in [0.1, 0.15) is 42.6 Å². The van der Waals surface area contributed by atoms with Gasteiger partial charge in [-0.2, -0.15) is 0 Å². The second-order valence-electron chi connectivity index (χ2n) is 6.19. The maximum atomic E-state index is 12.6. The molecule has 0 radical (unpaired) electrons. The second-order valence-corrected chi connectivity index (χ2v) is 7.01. The molecule has 26 heavy (non-hydrogen) atoms. The summed E-state index contributed by atoms with van der Waals surface area (Å²) in [5.41, 5.74) is 6.32. The first-order valence-corrected chi connectivity index (χ1v) is 9.22. The quantitative estimate of drug-likeness (QED) is 0.779. The fraction of sp³-hybridized carbons (Fsp3) is 0.471. The largest absolute Gasteiger partial charge is 0.346 e. The zero-order valence-electron chi connectivity index (χ0n) is 14.4. The molecule has 9 heteroatoms. The average molecular weight is 419 g/mol. The zero-order valence-corrected chi connectivity index (χ0v) is 16.7. The molecule has 2 aromatic rings. The van der Waals surface area contributed by atoms with Crippen molar-refractivity contribution < 1.29 is 4.79 Å². The van der Waals surface area contributed by atoms with Gasteiger partial charge in [0.15, 0.2) is 0 Å². The number of carbonyl (C=O) groups is 1. The summed E-state index contributed by atoms with van der Waals surface area (Å²) >= 11 is 12.5. The Kier molecular flexibility index (Phi) is 7.29. The first-order valence-electron chi connectivity index (χ1n) is 8.46. The van der Waals surface area contributed by atoms with Crippen molar-refractivity contribution >= 4 is 41.5 Å². The number of nitrogens with one attached hydrogen (secondary N) is 1. The summed E-state index contributed by atoms with van der Waals surface area (Å²) in [4.78, 5) is 17.0. The standard InChI is InChI=1S/C17H21Cl2N5O.ClH/c1-2-14-22-16(17(25)21-13-8-3-5-10(13)9-20)23-24(14)15-11(18)6-4-7-12(15)19;/h4,6-7,10,13H,2-3,5,8-9,20H2,1H3,(H,21,25);1H. The van der Waals surface area contributed by atoms with Crippen LogP contribution in [-0.2, 0) is 6.42 Å². The van der Waals surface area contributed by atoms with Gasteiger partial charge in [-0.3, -0.25) is 4.79 Å². The van der Waals surface area contributed by atoms with Crippen molar-refractivity contribution in [2.24, 2.45) is 11.7 Å². The molecule has 1 aromatic heterocycles. The SMILES string of the molecule is CCc1nc(C(=O)NC2CCCC2CN)nn1-c1c(Cl)cccc1Cl.Cl. The van der Waals surface area contributed by atoms with Crippen LogP contribution in [0.3, 0.4) is 0 Å². The van der Waals surface area contributed by atoms with E-state index >= 15 is 0 Å². The minimum absolute atomic E-state index is 0. The van der Waals surface area contributed by atoms with Crippen LogP contribution < -0.4 is 11.1 Å². The number of amides is 1. The highest BCUT2D eigenvalue weighted by atomic mass is 35.5. The van der Waals surface area contributed by atoms with E-state index < -0.39 is 0 Å². The van der Waals surface area contributed by atoms with Crippen molar-refractivity contribution in [3.05, 3.63) is 39.9 Å². The maximum absolute atomic E-state index is 12.6. The molecule has 1 aliphatic carbocycles. The third kappa shape index (κ3) is 4.14. The molecule has 6 nitrogen and oxygen atoms in total. The molecule has 2 atom stereocenters. The summed E-state index contributed by atoms with van der Waals surface area (Å²) in [6, 6.07) is 5.30. The van der Waals surface area contributed by atoms with Crippen LogP contribution >= 0.6 is 35.6 Å². The lowest BCUT2D eigenvalue weighted by Crippen LogP contribution is -2.40. The monoisotopic (exact) mass is 417 g/mol. The minimum atomic E-state index is -0.290. The average Bonchev–Trinajstić information content (AvgIpc) is 3.21. The second kappa shape index (κ2) is 9.04. The van der Waals surface area contributed by atoms with Gasteiger partial charge in [0, 0.05) is 12.5 Å². The third-order valence-corrected chi connectivity index (χ3v) is 5.23. The van der Waals surface area contributed by atoms with Crippen LogP contribution in [-0.4, -0.2) is 33.3 Å². The van der Waals surface area contributed by atoms with Crippen LogP contribution in [0.2, 0.25) is 10.0 Å². The van der Waals surface area contributed by atoms with Gasteiger partial charge in [0.2, 0.25) is 5.82 Å². The first kappa shape index (κ1) is 21.0. The van der Waals surface area contributed by atoms with E-state index in [4.69, 9.17) is 28.9 Å². The molecule has 1 saturated carbocycles. The predicted molar refractivity (Wildman–Crippen MR) is 106 cm³/mol. The van der Waals surface area contributed by atoms with Gasteiger partial charge in [-0.25, -0.2) is 9.67 Å². The van der Waals surface area contributed by atoms with Gasteiger partial charge in [0.25, 0.3) is 5.91 Å². The third-order valence-electron chi connectivity index (χ3n) is 4.62. The molecule has 1 amide bonds. The predicted octanol–water partition coefficient (Wildman–Crippen LogP) is 3.42. The molecule has 0 saturated heterocycles. The van der Waals surface area contributed by atoms with Crippen molar-refractivity contribution in [2.75, 3.05) is 6.54 Å². The van der Waals surface area contributed by atoms with E-state index in [2.05, 4.69) is 15.4 Å². The van der Waals surface area contributed by atoms with E-state index in [1.807, 2.05) is 6.92 Å². The Hall–Kier alpha value is -1.34. The van der Waals surface area contributed by atoms with Crippen molar-refractivity contribution in [1.29, 1.82) is 0 Å². The number of rotatable bonds is 5. The summed E-state index contributed by atoms with van der Waals surface area (Å²) < 4.78 is 1.55. The fourth-order valence-electron chi connectivity index (χ4n) is 3.28. The number of halogens is 3. The number of benzene rings is 1. The van der Waals surface area contributed by atoms with Crippen molar-refractivity contribution in [3.63, 3.8) is 0 Å². The van der Waals surface area contributed by atoms with Crippen LogP contribution in [0.15, 0.2) is 18.2 Å². The molecule has 1 fully saturated rings. The molecule has 0 bridgehead atoms. The van der Waals surface area contributed by atoms with E-state index in [0.717, 1.165) is 19.3 Å². The highest BCUT2D eigenvalue weighted by Gasteiger charge is 2.29. The number of aromatic nitrogens is 3. The lowest BCUT2D eigenvalue weighted by atomic mass is 10.0. The smallest absolute Gasteiger partial charge is 0.291 e. The molecule has 2 unspecified atom stereocenters. The Bertz CT molecular complexity index is 760. The first-order chi connectivity index (χ1) is 12.0. The molecule has 1 aliphatic rings. The van der Waals surface area contributed by atoms with Crippen molar-refractivity contribution in [3.8, 4) is 5.69 Å². The molecule has 142 valence electrons. The van der Waals surface area contributed by atoms with Gasteiger partial charge in [0.1, 0.15) is 11.5 Å². The number of aryl methyl sites for hydroxylation is 1. The fourth-order valence-corrected chi connectivity index (χ4v) is 3.84. The lowest BCUT2D eigenvalue weighted by molar-refractivity contribution is 0.0918. The van der Waals surface area contributed by atoms with Crippen LogP contribution in [0, 0.1) is 5.92 Å². The van der Waals surface area contributed by atoms with E-state index in [1.54, 1.807) is 22.9 Å². The molecular formula is C17H22Cl3N5O. The van der Waals surface area contributed by atoms with Crippen molar-refractivity contribution in [2.45, 2.75) is 38.6 Å². The Morgan fingerprint density at radius 2 is 2.04 bits per heavy atom. The molecule has 1 aromatic carbocycles. The summed E-state index contributed by atoms with van der Waals surface area (Å²) in [5, 5.41) is 8.29. The molecule has 1 heterocycles. The number of para-hydroxylation sites is 1. The topological polar surface area (TPSA) is 85.8 Å². The number of hydrogen-bond acceptors (Lipinski definition) is 4. The van der Waals surface area contributed by atoms with E-state index in [-0.39, 0.29) is 30.2 Å². The summed E-state index contributed by atoms with van der Waals surface area (Å²) in [7, 11) is 0. The van der Waals surface area contributed by atoms with Gasteiger partial charge in [-0.1, -0.05) is 42.6 Å². The summed E-state index contributed by atoms with van der Waals surface area (Å²) in [6.45, 7) is 2.51. The lowest BCUT2D eigenvalue weighted by Gasteiger charge is -2.18. The zero-order chi connectivity index (χ0) is 18.0. The Labute approximate surface area is 168 Å². The van der Waals surface area contributed by atoms with Gasteiger partial charge in [0.05, 0.1) is 10.0 Å². The van der Waals surface area contributed by atoms with Crippen LogP contribution in [0.4, 0.5) is 0 Å². The highest BCUT2D eigenvalue weighted by molar-refractivity contribution is 6.37.